The highest BCUT2D eigenvalue weighted by Crippen LogP contribution is 2.26. The number of carbonyl (C=O) groups is 2. The molecular formula is C23H21NO5. The van der Waals surface area contributed by atoms with Crippen molar-refractivity contribution in [1.29, 1.82) is 0 Å². The Kier molecular flexibility index (Phi) is 6.97. The maximum absolute atomic E-state index is 12.4. The van der Waals surface area contributed by atoms with Crippen LogP contribution >= 0.6 is 0 Å². The molecule has 0 aliphatic rings. The van der Waals surface area contributed by atoms with E-state index in [-0.39, 0.29) is 6.61 Å². The Morgan fingerprint density at radius 3 is 1.79 bits per heavy atom. The summed E-state index contributed by atoms with van der Waals surface area (Å²) in [5, 5.41) is 12.1. The summed E-state index contributed by atoms with van der Waals surface area (Å²) < 4.78 is 10.5. The van der Waals surface area contributed by atoms with Crippen LogP contribution in [0.2, 0.25) is 0 Å². The first-order chi connectivity index (χ1) is 14.1. The Hall–Kier alpha value is -3.64. The minimum atomic E-state index is -1.85. The van der Waals surface area contributed by atoms with Crippen LogP contribution in [0.3, 0.4) is 0 Å². The number of carbonyl (C=O) groups excluding carboxylic acids is 2. The molecule has 0 saturated heterocycles. The number of nitrogens with one attached hydrogen (secondary N) is 1. The van der Waals surface area contributed by atoms with Crippen molar-refractivity contribution in [3.63, 3.8) is 0 Å². The van der Waals surface area contributed by atoms with Crippen LogP contribution in [0, 0.1) is 0 Å². The molecular weight excluding hydrogens is 370 g/mol. The molecule has 3 aromatic carbocycles. The second-order valence-corrected chi connectivity index (χ2v) is 6.25. The molecule has 148 valence electrons. The van der Waals surface area contributed by atoms with Crippen molar-refractivity contribution in [3.8, 4) is 0 Å². The lowest BCUT2D eigenvalue weighted by Gasteiger charge is -2.21. The summed E-state index contributed by atoms with van der Waals surface area (Å²) in [6.07, 6.45) is -3.50. The minimum Gasteiger partial charge on any atom is -0.449 e. The van der Waals surface area contributed by atoms with Gasteiger partial charge >= 0.3 is 12.1 Å². The van der Waals surface area contributed by atoms with Crippen molar-refractivity contribution in [2.75, 3.05) is 0 Å². The van der Waals surface area contributed by atoms with Gasteiger partial charge in [0.25, 0.3) is 0 Å². The third kappa shape index (κ3) is 5.92. The van der Waals surface area contributed by atoms with E-state index in [0.717, 1.165) is 16.7 Å². The van der Waals surface area contributed by atoms with Gasteiger partial charge in [0.05, 0.1) is 0 Å². The van der Waals surface area contributed by atoms with Crippen molar-refractivity contribution in [2.24, 2.45) is 0 Å². The molecule has 29 heavy (non-hydrogen) atoms. The van der Waals surface area contributed by atoms with Crippen molar-refractivity contribution >= 4 is 12.1 Å². The molecule has 1 unspecified atom stereocenters. The summed E-state index contributed by atoms with van der Waals surface area (Å²) in [5.74, 6) is -0.987. The minimum absolute atomic E-state index is 0.0189. The first-order valence-corrected chi connectivity index (χ1v) is 9.09. The molecule has 6 heteroatoms. The number of hydrogen-bond acceptors (Lipinski definition) is 5. The molecule has 0 aromatic heterocycles. The zero-order valence-electron chi connectivity index (χ0n) is 15.6. The summed E-state index contributed by atoms with van der Waals surface area (Å²) in [7, 11) is 0. The number of benzene rings is 3. The summed E-state index contributed by atoms with van der Waals surface area (Å²) in [4.78, 5) is 24.2. The summed E-state index contributed by atoms with van der Waals surface area (Å²) in [6, 6.07) is 27.4. The van der Waals surface area contributed by atoms with Gasteiger partial charge in [-0.2, -0.15) is 0 Å². The van der Waals surface area contributed by atoms with E-state index in [1.54, 1.807) is 12.1 Å². The van der Waals surface area contributed by atoms with Gasteiger partial charge in [0.15, 0.2) is 6.10 Å². The number of esters is 1. The van der Waals surface area contributed by atoms with E-state index in [9.17, 15) is 14.7 Å². The van der Waals surface area contributed by atoms with Crippen LogP contribution in [-0.4, -0.2) is 23.4 Å². The Morgan fingerprint density at radius 2 is 1.28 bits per heavy atom. The van der Waals surface area contributed by atoms with Gasteiger partial charge in [-0.3, -0.25) is 5.32 Å². The quantitative estimate of drug-likeness (QED) is 0.475. The van der Waals surface area contributed by atoms with Crippen LogP contribution in [0.15, 0.2) is 91.0 Å². The summed E-state index contributed by atoms with van der Waals surface area (Å²) in [5.41, 5.74) is 2.27. The Morgan fingerprint density at radius 1 is 0.793 bits per heavy atom. The standard InChI is InChI=1S/C23H21NO5/c25-21(24-23(27)28-16-17-10-4-1-5-11-17)22(26)29-20(18-12-6-2-7-13-18)19-14-8-3-9-15-19/h1-15,20-21,25H,16H2,(H,24,27). The number of hydrogen-bond donors (Lipinski definition) is 2. The van der Waals surface area contributed by atoms with E-state index in [2.05, 4.69) is 5.32 Å². The van der Waals surface area contributed by atoms with E-state index < -0.39 is 24.4 Å². The average Bonchev–Trinajstić information content (AvgIpc) is 2.77. The molecule has 6 nitrogen and oxygen atoms in total. The number of alkyl carbamates (subject to hydrolysis) is 1. The van der Waals surface area contributed by atoms with Crippen LogP contribution in [0.4, 0.5) is 4.79 Å². The normalized spacial score (nSPS) is 11.5. The molecule has 0 aliphatic carbocycles. The Balaban J connectivity index is 1.61. The van der Waals surface area contributed by atoms with Gasteiger partial charge in [0.2, 0.25) is 6.23 Å². The molecule has 0 radical (unpaired) electrons. The first kappa shape index (κ1) is 20.1. The molecule has 2 N–H and O–H groups in total. The van der Waals surface area contributed by atoms with Crippen LogP contribution in [-0.2, 0) is 20.9 Å². The molecule has 0 saturated carbocycles. The molecule has 1 amide bonds. The highest BCUT2D eigenvalue weighted by Gasteiger charge is 2.25. The third-order valence-corrected chi connectivity index (χ3v) is 4.13. The molecule has 0 fully saturated rings. The van der Waals surface area contributed by atoms with E-state index in [0.29, 0.717) is 0 Å². The smallest absolute Gasteiger partial charge is 0.409 e. The van der Waals surface area contributed by atoms with Crippen molar-refractivity contribution < 1.29 is 24.2 Å². The van der Waals surface area contributed by atoms with Crippen LogP contribution in [0.1, 0.15) is 22.8 Å². The number of amides is 1. The van der Waals surface area contributed by atoms with Gasteiger partial charge in [-0.1, -0.05) is 91.0 Å². The van der Waals surface area contributed by atoms with Gasteiger partial charge in [-0.15, -0.1) is 0 Å². The first-order valence-electron chi connectivity index (χ1n) is 9.09. The summed E-state index contributed by atoms with van der Waals surface area (Å²) in [6.45, 7) is 0.0189. The zero-order valence-corrected chi connectivity index (χ0v) is 15.6. The van der Waals surface area contributed by atoms with E-state index >= 15 is 0 Å². The van der Waals surface area contributed by atoms with Gasteiger partial charge < -0.3 is 14.6 Å². The predicted molar refractivity (Wildman–Crippen MR) is 107 cm³/mol. The molecule has 0 spiro atoms. The Bertz CT molecular complexity index is 876. The second-order valence-electron chi connectivity index (χ2n) is 6.25. The van der Waals surface area contributed by atoms with Crippen LogP contribution < -0.4 is 5.32 Å². The van der Waals surface area contributed by atoms with Crippen molar-refractivity contribution in [3.05, 3.63) is 108 Å². The lowest BCUT2D eigenvalue weighted by molar-refractivity contribution is -0.159. The number of rotatable bonds is 7. The second kappa shape index (κ2) is 10.1. The summed E-state index contributed by atoms with van der Waals surface area (Å²) >= 11 is 0. The molecule has 1 atom stereocenters. The van der Waals surface area contributed by atoms with E-state index in [1.165, 1.54) is 0 Å². The molecule has 0 aliphatic heterocycles. The van der Waals surface area contributed by atoms with E-state index in [4.69, 9.17) is 9.47 Å². The van der Waals surface area contributed by atoms with Gasteiger partial charge in [0.1, 0.15) is 6.61 Å². The zero-order chi connectivity index (χ0) is 20.5. The SMILES string of the molecule is O=C(NC(O)C(=O)OC(c1ccccc1)c1ccccc1)OCc1ccccc1. The molecule has 0 bridgehead atoms. The molecule has 3 aromatic rings. The molecule has 0 heterocycles. The van der Waals surface area contributed by atoms with E-state index in [1.807, 2.05) is 78.9 Å². The van der Waals surface area contributed by atoms with Crippen LogP contribution in [0.5, 0.6) is 0 Å². The predicted octanol–water partition coefficient (Wildman–Crippen LogP) is 3.56. The highest BCUT2D eigenvalue weighted by atomic mass is 16.6. The number of aliphatic hydroxyl groups is 1. The fraction of sp³-hybridized carbons (Fsp3) is 0.130. The topological polar surface area (TPSA) is 84.9 Å². The maximum atomic E-state index is 12.4. The van der Waals surface area contributed by atoms with Gasteiger partial charge in [-0.05, 0) is 16.7 Å². The number of ether oxygens (including phenoxy) is 2. The van der Waals surface area contributed by atoms with Gasteiger partial charge in [-0.25, -0.2) is 9.59 Å². The average molecular weight is 391 g/mol. The van der Waals surface area contributed by atoms with Crippen molar-refractivity contribution in [1.82, 2.24) is 5.32 Å². The highest BCUT2D eigenvalue weighted by molar-refractivity contribution is 5.80. The monoisotopic (exact) mass is 391 g/mol. The fourth-order valence-electron chi connectivity index (χ4n) is 2.70. The van der Waals surface area contributed by atoms with Crippen molar-refractivity contribution in [2.45, 2.75) is 18.9 Å². The molecule has 3 rings (SSSR count). The lowest BCUT2D eigenvalue weighted by atomic mass is 10.0. The maximum Gasteiger partial charge on any atom is 0.409 e. The number of aliphatic hydroxyl groups excluding tert-OH is 1. The van der Waals surface area contributed by atoms with Crippen LogP contribution in [0.25, 0.3) is 0 Å². The Labute approximate surface area is 168 Å². The van der Waals surface area contributed by atoms with Gasteiger partial charge in [0, 0.05) is 0 Å². The third-order valence-electron chi connectivity index (χ3n) is 4.13. The lowest BCUT2D eigenvalue weighted by Crippen LogP contribution is -2.42. The largest absolute Gasteiger partial charge is 0.449 e. The fourth-order valence-corrected chi connectivity index (χ4v) is 2.70.